The number of piperidine rings is 1. The van der Waals surface area contributed by atoms with E-state index in [4.69, 9.17) is 4.74 Å². The Morgan fingerprint density at radius 2 is 1.74 bits per heavy atom. The van der Waals surface area contributed by atoms with Gasteiger partial charge in [0.15, 0.2) is 6.61 Å². The van der Waals surface area contributed by atoms with Gasteiger partial charge in [0.05, 0.1) is 5.56 Å². The molecule has 9 heteroatoms. The smallest absolute Gasteiger partial charge is 0.269 e. The molecule has 35 heavy (non-hydrogen) atoms. The average Bonchev–Trinajstić information content (AvgIpc) is 3.33. The molecule has 0 radical (unpaired) electrons. The van der Waals surface area contributed by atoms with Crippen LogP contribution in [0.5, 0.6) is 5.75 Å². The first-order chi connectivity index (χ1) is 17.0. The van der Waals surface area contributed by atoms with Gasteiger partial charge in [-0.1, -0.05) is 30.3 Å². The first-order valence-corrected chi connectivity index (χ1v) is 12.2. The highest BCUT2D eigenvalue weighted by atomic mass is 32.1. The molecule has 4 rings (SSSR count). The van der Waals surface area contributed by atoms with Crippen LogP contribution in [0.15, 0.2) is 54.6 Å². The van der Waals surface area contributed by atoms with Crippen molar-refractivity contribution in [2.24, 2.45) is 0 Å². The van der Waals surface area contributed by atoms with Crippen molar-refractivity contribution in [3.05, 3.63) is 70.9 Å². The molecule has 182 valence electrons. The molecule has 7 nitrogen and oxygen atoms in total. The predicted molar refractivity (Wildman–Crippen MR) is 133 cm³/mol. The highest BCUT2D eigenvalue weighted by molar-refractivity contribution is 7.17. The highest BCUT2D eigenvalue weighted by Crippen LogP contribution is 2.37. The lowest BCUT2D eigenvalue weighted by Crippen LogP contribution is -2.38. The third-order valence-corrected chi connectivity index (χ3v) is 6.88. The molecular weight excluding hydrogens is 469 g/mol. The summed E-state index contributed by atoms with van der Waals surface area (Å²) in [5, 5.41) is 5.08. The van der Waals surface area contributed by atoms with E-state index < -0.39 is 17.6 Å². The second-order valence-electron chi connectivity index (χ2n) is 8.13. The fourth-order valence-corrected chi connectivity index (χ4v) is 4.86. The van der Waals surface area contributed by atoms with Crippen molar-refractivity contribution in [1.29, 1.82) is 0 Å². The summed E-state index contributed by atoms with van der Waals surface area (Å²) < 4.78 is 19.9. The van der Waals surface area contributed by atoms with Gasteiger partial charge >= 0.3 is 0 Å². The number of thiophene rings is 1. The molecule has 0 unspecified atom stereocenters. The van der Waals surface area contributed by atoms with Crippen LogP contribution in [0.4, 0.5) is 10.1 Å². The van der Waals surface area contributed by atoms with Crippen LogP contribution in [-0.2, 0) is 4.79 Å². The SMILES string of the molecule is CNC(=O)c1cc(NC(=O)c2sc(-c3ccccc3)cc2OCC(=O)N2CCCCC2)ccc1F. The molecule has 0 spiro atoms. The number of nitrogens with zero attached hydrogens (tertiary/aromatic N) is 1. The Morgan fingerprint density at radius 3 is 2.46 bits per heavy atom. The zero-order valence-corrected chi connectivity index (χ0v) is 20.1. The second kappa shape index (κ2) is 11.1. The van der Waals surface area contributed by atoms with Gasteiger partial charge < -0.3 is 20.3 Å². The number of anilines is 1. The maximum absolute atomic E-state index is 14.0. The molecule has 1 aliphatic rings. The summed E-state index contributed by atoms with van der Waals surface area (Å²) in [6.07, 6.45) is 3.07. The van der Waals surface area contributed by atoms with Crippen molar-refractivity contribution < 1.29 is 23.5 Å². The first kappa shape index (κ1) is 24.4. The third kappa shape index (κ3) is 5.86. The van der Waals surface area contributed by atoms with Crippen molar-refractivity contribution in [3.8, 4) is 16.2 Å². The molecule has 1 saturated heterocycles. The Hall–Kier alpha value is -3.72. The minimum absolute atomic E-state index is 0.114. The number of hydrogen-bond donors (Lipinski definition) is 2. The maximum atomic E-state index is 14.0. The van der Waals surface area contributed by atoms with Crippen LogP contribution < -0.4 is 15.4 Å². The van der Waals surface area contributed by atoms with E-state index in [0.717, 1.165) is 35.8 Å². The fraction of sp³-hybridized carbons (Fsp3) is 0.269. The second-order valence-corrected chi connectivity index (χ2v) is 9.18. The van der Waals surface area contributed by atoms with Crippen molar-refractivity contribution in [2.75, 3.05) is 32.1 Å². The Bertz CT molecular complexity index is 1220. The van der Waals surface area contributed by atoms with E-state index in [1.807, 2.05) is 30.3 Å². The van der Waals surface area contributed by atoms with Crippen molar-refractivity contribution >= 4 is 34.7 Å². The number of amides is 3. The minimum atomic E-state index is -0.690. The molecule has 2 heterocycles. The van der Waals surface area contributed by atoms with Gasteiger partial charge in [-0.2, -0.15) is 0 Å². The lowest BCUT2D eigenvalue weighted by Gasteiger charge is -2.26. The number of ether oxygens (including phenoxy) is 1. The Balaban J connectivity index is 1.57. The third-order valence-electron chi connectivity index (χ3n) is 5.72. The van der Waals surface area contributed by atoms with E-state index >= 15 is 0 Å². The van der Waals surface area contributed by atoms with Crippen LogP contribution in [0.25, 0.3) is 10.4 Å². The molecule has 3 amide bonds. The highest BCUT2D eigenvalue weighted by Gasteiger charge is 2.22. The van der Waals surface area contributed by atoms with Crippen molar-refractivity contribution in [3.63, 3.8) is 0 Å². The van der Waals surface area contributed by atoms with Gasteiger partial charge in [0.1, 0.15) is 16.4 Å². The Labute approximate surface area is 206 Å². The molecule has 0 aliphatic carbocycles. The van der Waals surface area contributed by atoms with Crippen LogP contribution in [0.3, 0.4) is 0 Å². The summed E-state index contributed by atoms with van der Waals surface area (Å²) in [5.41, 5.74) is 0.998. The number of nitrogens with one attached hydrogen (secondary N) is 2. The number of likely N-dealkylation sites (tertiary alicyclic amines) is 1. The van der Waals surface area contributed by atoms with Crippen molar-refractivity contribution in [1.82, 2.24) is 10.2 Å². The molecule has 1 fully saturated rings. The van der Waals surface area contributed by atoms with E-state index in [1.165, 1.54) is 30.5 Å². The monoisotopic (exact) mass is 495 g/mol. The number of benzene rings is 2. The standard InChI is InChI=1S/C26H26FN3O4S/c1-28-25(32)19-14-18(10-11-20(19)27)29-26(33)24-21(15-22(35-24)17-8-4-2-5-9-17)34-16-23(31)30-12-6-3-7-13-30/h2,4-5,8-11,14-15H,3,6-7,12-13,16H2,1H3,(H,28,32)(H,29,33). The van der Waals surface area contributed by atoms with Gasteiger partial charge in [-0.15, -0.1) is 11.3 Å². The van der Waals surface area contributed by atoms with Gasteiger partial charge in [-0.3, -0.25) is 14.4 Å². The Morgan fingerprint density at radius 1 is 1.00 bits per heavy atom. The lowest BCUT2D eigenvalue weighted by atomic mass is 10.1. The molecule has 2 aromatic carbocycles. The minimum Gasteiger partial charge on any atom is -0.482 e. The van der Waals surface area contributed by atoms with E-state index in [2.05, 4.69) is 10.6 Å². The summed E-state index contributed by atoms with van der Waals surface area (Å²) in [5.74, 6) is -1.58. The van der Waals surface area contributed by atoms with Crippen LogP contribution >= 0.6 is 11.3 Å². The molecule has 0 atom stereocenters. The van der Waals surface area contributed by atoms with Gasteiger partial charge in [0, 0.05) is 30.7 Å². The number of carbonyl (C=O) groups is 3. The topological polar surface area (TPSA) is 87.7 Å². The average molecular weight is 496 g/mol. The summed E-state index contributed by atoms with van der Waals surface area (Å²) >= 11 is 1.23. The largest absolute Gasteiger partial charge is 0.482 e. The molecule has 0 bridgehead atoms. The van der Waals surface area contributed by atoms with E-state index in [0.29, 0.717) is 18.8 Å². The number of hydrogen-bond acceptors (Lipinski definition) is 5. The van der Waals surface area contributed by atoms with Gasteiger partial charge in [-0.05, 0) is 49.1 Å². The van der Waals surface area contributed by atoms with Crippen LogP contribution in [0, 0.1) is 5.82 Å². The number of rotatable bonds is 7. The lowest BCUT2D eigenvalue weighted by molar-refractivity contribution is -0.134. The zero-order chi connectivity index (χ0) is 24.8. The molecule has 3 aromatic rings. The van der Waals surface area contributed by atoms with E-state index in [-0.39, 0.29) is 28.6 Å². The quantitative estimate of drug-likeness (QED) is 0.503. The molecule has 1 aromatic heterocycles. The summed E-state index contributed by atoms with van der Waals surface area (Å²) in [6, 6.07) is 15.1. The summed E-state index contributed by atoms with van der Waals surface area (Å²) in [7, 11) is 1.40. The Kier molecular flexibility index (Phi) is 7.77. The van der Waals surface area contributed by atoms with Crippen molar-refractivity contribution in [2.45, 2.75) is 19.3 Å². The summed E-state index contributed by atoms with van der Waals surface area (Å²) in [6.45, 7) is 1.27. The zero-order valence-electron chi connectivity index (χ0n) is 19.3. The van der Waals surface area contributed by atoms with E-state index in [1.54, 1.807) is 11.0 Å². The molecule has 2 N–H and O–H groups in total. The predicted octanol–water partition coefficient (Wildman–Crippen LogP) is 4.56. The number of halogens is 1. The molecule has 1 aliphatic heterocycles. The normalized spacial score (nSPS) is 13.3. The van der Waals surface area contributed by atoms with Gasteiger partial charge in [0.25, 0.3) is 17.7 Å². The number of carbonyl (C=O) groups excluding carboxylic acids is 3. The van der Waals surface area contributed by atoms with Gasteiger partial charge in [0.2, 0.25) is 0 Å². The molecular formula is C26H26FN3O4S. The summed E-state index contributed by atoms with van der Waals surface area (Å²) in [4.78, 5) is 40.6. The van der Waals surface area contributed by atoms with E-state index in [9.17, 15) is 18.8 Å². The van der Waals surface area contributed by atoms with Crippen LogP contribution in [0.2, 0.25) is 0 Å². The molecule has 0 saturated carbocycles. The van der Waals surface area contributed by atoms with Crippen LogP contribution in [-0.4, -0.2) is 49.4 Å². The maximum Gasteiger partial charge on any atom is 0.269 e. The van der Waals surface area contributed by atoms with Crippen LogP contribution in [0.1, 0.15) is 39.3 Å². The van der Waals surface area contributed by atoms with Gasteiger partial charge in [-0.25, -0.2) is 4.39 Å². The fourth-order valence-electron chi connectivity index (χ4n) is 3.86. The first-order valence-electron chi connectivity index (χ1n) is 11.4.